The second-order valence-electron chi connectivity index (χ2n) is 11.9. The van der Waals surface area contributed by atoms with E-state index < -0.39 is 29.2 Å². The standard InChI is InChI=1S/C26H45IO5SSi/c1-24(2,3)32-23(28)26(7,21-14-13-15-22(27)20-21)16-11-10-12-18-33(29,30)19-17-31-34(8,9)25(4,5)6/h13-15,20H,10-12,16-19H2,1-9H3. The van der Waals surface area contributed by atoms with E-state index in [1.165, 1.54) is 0 Å². The van der Waals surface area contributed by atoms with Crippen molar-refractivity contribution in [2.24, 2.45) is 0 Å². The molecule has 0 N–H and O–H groups in total. The van der Waals surface area contributed by atoms with Crippen LogP contribution in [-0.2, 0) is 29.2 Å². The summed E-state index contributed by atoms with van der Waals surface area (Å²) in [7, 11) is -5.10. The lowest BCUT2D eigenvalue weighted by Crippen LogP contribution is -2.41. The van der Waals surface area contributed by atoms with Crippen LogP contribution in [0.3, 0.4) is 0 Å². The van der Waals surface area contributed by atoms with Crippen LogP contribution in [0, 0.1) is 3.57 Å². The third-order valence-corrected chi connectivity index (χ3v) is 13.5. The lowest BCUT2D eigenvalue weighted by molar-refractivity contribution is -0.162. The van der Waals surface area contributed by atoms with E-state index >= 15 is 0 Å². The molecule has 1 aromatic carbocycles. The van der Waals surface area contributed by atoms with Crippen molar-refractivity contribution in [1.82, 2.24) is 0 Å². The minimum atomic E-state index is -3.16. The SMILES string of the molecule is CC(C)(C)OC(=O)C(C)(CCCCCS(=O)(=O)CCO[Si](C)(C)C(C)(C)C)c1cccc(I)c1. The maximum Gasteiger partial charge on any atom is 0.316 e. The molecule has 0 radical (unpaired) electrons. The molecule has 1 rings (SSSR count). The summed E-state index contributed by atoms with van der Waals surface area (Å²) in [4.78, 5) is 13.2. The number of sulfone groups is 1. The fourth-order valence-electron chi connectivity index (χ4n) is 3.31. The number of hydrogen-bond donors (Lipinski definition) is 0. The quantitative estimate of drug-likeness (QED) is 0.110. The molecule has 0 aromatic heterocycles. The van der Waals surface area contributed by atoms with Crippen LogP contribution < -0.4 is 0 Å². The van der Waals surface area contributed by atoms with Crippen LogP contribution in [0.2, 0.25) is 18.1 Å². The van der Waals surface area contributed by atoms with E-state index in [9.17, 15) is 13.2 Å². The Hall–Kier alpha value is -0.453. The summed E-state index contributed by atoms with van der Waals surface area (Å²) in [6.45, 7) is 18.5. The Labute approximate surface area is 223 Å². The third-order valence-electron chi connectivity index (χ3n) is 6.61. The molecular formula is C26H45IO5SSi. The molecule has 1 atom stereocenters. The molecule has 1 aromatic rings. The van der Waals surface area contributed by atoms with Crippen LogP contribution in [0.25, 0.3) is 0 Å². The molecule has 8 heteroatoms. The molecule has 0 aliphatic heterocycles. The van der Waals surface area contributed by atoms with Gasteiger partial charge in [-0.1, -0.05) is 45.7 Å². The van der Waals surface area contributed by atoms with E-state index in [1.54, 1.807) is 0 Å². The van der Waals surface area contributed by atoms with Crippen molar-refractivity contribution in [3.8, 4) is 0 Å². The predicted octanol–water partition coefficient (Wildman–Crippen LogP) is 6.89. The van der Waals surface area contributed by atoms with Crippen molar-refractivity contribution in [2.75, 3.05) is 18.1 Å². The van der Waals surface area contributed by atoms with E-state index in [4.69, 9.17) is 9.16 Å². The second-order valence-corrected chi connectivity index (χ2v) is 20.3. The minimum absolute atomic E-state index is 0.0639. The van der Waals surface area contributed by atoms with E-state index in [-0.39, 0.29) is 29.1 Å². The Morgan fingerprint density at radius 1 is 0.971 bits per heavy atom. The first-order valence-electron chi connectivity index (χ1n) is 12.1. The summed E-state index contributed by atoms with van der Waals surface area (Å²) in [5.74, 6) is -0.0184. The van der Waals surface area contributed by atoms with Gasteiger partial charge in [0, 0.05) is 10.2 Å². The van der Waals surface area contributed by atoms with Gasteiger partial charge in [0.05, 0.1) is 16.9 Å². The first kappa shape index (κ1) is 31.6. The van der Waals surface area contributed by atoms with Gasteiger partial charge >= 0.3 is 5.97 Å². The number of carbonyl (C=O) groups is 1. The van der Waals surface area contributed by atoms with Gasteiger partial charge < -0.3 is 9.16 Å². The molecule has 0 aliphatic carbocycles. The number of hydrogen-bond acceptors (Lipinski definition) is 5. The summed E-state index contributed by atoms with van der Waals surface area (Å²) in [6, 6.07) is 7.95. The summed E-state index contributed by atoms with van der Waals surface area (Å²) in [5.41, 5.74) is -0.408. The monoisotopic (exact) mass is 624 g/mol. The molecule has 0 saturated carbocycles. The lowest BCUT2D eigenvalue weighted by Gasteiger charge is -2.36. The van der Waals surface area contributed by atoms with Crippen LogP contribution in [0.4, 0.5) is 0 Å². The number of unbranched alkanes of at least 4 members (excludes halogenated alkanes) is 2. The van der Waals surface area contributed by atoms with Gasteiger partial charge in [-0.15, -0.1) is 0 Å². The summed E-state index contributed by atoms with van der Waals surface area (Å²) in [5, 5.41) is 0.0639. The van der Waals surface area contributed by atoms with Crippen molar-refractivity contribution in [2.45, 2.75) is 103 Å². The van der Waals surface area contributed by atoms with Gasteiger partial charge in [-0.2, -0.15) is 0 Å². The first-order valence-corrected chi connectivity index (χ1v) is 17.9. The molecule has 0 aliphatic rings. The van der Waals surface area contributed by atoms with Crippen LogP contribution in [-0.4, -0.2) is 46.4 Å². The highest BCUT2D eigenvalue weighted by molar-refractivity contribution is 14.1. The van der Waals surface area contributed by atoms with Gasteiger partial charge in [0.2, 0.25) is 0 Å². The molecule has 0 bridgehead atoms. The van der Waals surface area contributed by atoms with Crippen LogP contribution in [0.1, 0.15) is 79.7 Å². The van der Waals surface area contributed by atoms with E-state index in [0.29, 0.717) is 12.8 Å². The summed E-state index contributed by atoms with van der Waals surface area (Å²) in [6.07, 6.45) is 2.68. The molecule has 5 nitrogen and oxygen atoms in total. The number of benzene rings is 1. The van der Waals surface area contributed by atoms with Crippen molar-refractivity contribution >= 4 is 46.7 Å². The molecule has 34 heavy (non-hydrogen) atoms. The smallest absolute Gasteiger partial charge is 0.316 e. The highest BCUT2D eigenvalue weighted by atomic mass is 127. The minimum Gasteiger partial charge on any atom is -0.459 e. The molecule has 0 spiro atoms. The van der Waals surface area contributed by atoms with Gasteiger partial charge in [0.1, 0.15) is 5.60 Å². The predicted molar refractivity (Wildman–Crippen MR) is 153 cm³/mol. The van der Waals surface area contributed by atoms with E-state index in [0.717, 1.165) is 22.0 Å². The van der Waals surface area contributed by atoms with Gasteiger partial charge in [0.25, 0.3) is 0 Å². The normalized spacial score (nSPS) is 15.1. The Morgan fingerprint density at radius 2 is 1.59 bits per heavy atom. The second kappa shape index (κ2) is 12.2. The summed E-state index contributed by atoms with van der Waals surface area (Å²) < 4.78 is 37.9. The van der Waals surface area contributed by atoms with E-state index in [2.05, 4.69) is 56.5 Å². The Bertz CT molecular complexity index is 916. The zero-order chi connectivity index (χ0) is 26.4. The molecule has 1 unspecified atom stereocenters. The zero-order valence-electron chi connectivity index (χ0n) is 22.6. The number of esters is 1. The third kappa shape index (κ3) is 10.3. The van der Waals surface area contributed by atoms with Crippen molar-refractivity contribution < 1.29 is 22.4 Å². The van der Waals surface area contributed by atoms with Crippen LogP contribution in [0.15, 0.2) is 24.3 Å². The average Bonchev–Trinajstić information content (AvgIpc) is 2.64. The topological polar surface area (TPSA) is 69.7 Å². The Balaban J connectivity index is 2.67. The number of ether oxygens (including phenoxy) is 1. The number of rotatable bonds is 12. The van der Waals surface area contributed by atoms with Crippen LogP contribution >= 0.6 is 22.6 Å². The Kier molecular flexibility index (Phi) is 11.3. The molecule has 0 heterocycles. The fraction of sp³-hybridized carbons (Fsp3) is 0.731. The average molecular weight is 625 g/mol. The molecular weight excluding hydrogens is 579 g/mol. The van der Waals surface area contributed by atoms with Gasteiger partial charge in [-0.25, -0.2) is 8.42 Å². The number of carbonyl (C=O) groups excluding carboxylic acids is 1. The van der Waals surface area contributed by atoms with Gasteiger partial charge in [-0.3, -0.25) is 4.79 Å². The largest absolute Gasteiger partial charge is 0.459 e. The van der Waals surface area contributed by atoms with Gasteiger partial charge in [0.15, 0.2) is 18.2 Å². The van der Waals surface area contributed by atoms with Crippen LogP contribution in [0.5, 0.6) is 0 Å². The highest BCUT2D eigenvalue weighted by Gasteiger charge is 2.39. The van der Waals surface area contributed by atoms with Crippen molar-refractivity contribution in [1.29, 1.82) is 0 Å². The summed E-state index contributed by atoms with van der Waals surface area (Å²) >= 11 is 2.25. The van der Waals surface area contributed by atoms with Crippen molar-refractivity contribution in [3.63, 3.8) is 0 Å². The molecule has 0 amide bonds. The Morgan fingerprint density at radius 3 is 2.12 bits per heavy atom. The first-order chi connectivity index (χ1) is 15.3. The molecule has 196 valence electrons. The van der Waals surface area contributed by atoms with E-state index in [1.807, 2.05) is 52.0 Å². The number of halogens is 1. The molecule has 0 fully saturated rings. The van der Waals surface area contributed by atoms with Crippen molar-refractivity contribution in [3.05, 3.63) is 33.4 Å². The lowest BCUT2D eigenvalue weighted by atomic mass is 9.78. The van der Waals surface area contributed by atoms with Gasteiger partial charge in [-0.05, 0) is 99.0 Å². The maximum atomic E-state index is 13.2. The highest BCUT2D eigenvalue weighted by Crippen LogP contribution is 2.36. The molecule has 0 saturated heterocycles. The fourth-order valence-corrected chi connectivity index (χ4v) is 6.23. The maximum absolute atomic E-state index is 13.2. The zero-order valence-corrected chi connectivity index (χ0v) is 26.6.